The lowest BCUT2D eigenvalue weighted by atomic mass is 9.90. The lowest BCUT2D eigenvalue weighted by Crippen LogP contribution is -2.11. The lowest BCUT2D eigenvalue weighted by Gasteiger charge is -2.28. The van der Waals surface area contributed by atoms with Crippen LogP contribution in [0.3, 0.4) is 0 Å². The minimum absolute atomic E-state index is 0.866. The van der Waals surface area contributed by atoms with Crippen molar-refractivity contribution in [1.29, 1.82) is 0 Å². The molecule has 12 rings (SSSR count). The van der Waals surface area contributed by atoms with Crippen molar-refractivity contribution in [3.63, 3.8) is 0 Å². The Morgan fingerprint density at radius 2 is 0.914 bits per heavy atom. The van der Waals surface area contributed by atoms with Gasteiger partial charge in [-0.1, -0.05) is 164 Å². The standard InChI is InChI=1S/C56H35NO/c1-2-14-39-34-40(27-26-36(39)12-1)37-28-31-42(32-29-37)57(53-24-11-25-54-55(53)50-33-30-38-13-3-6-17-44(38)56(50)58-54)52-23-10-21-46-48(20-9-22-49(46)52)51-35-41-15-4-5-16-43(41)45-18-7-8-19-47(45)51/h1-35H. The quantitative estimate of drug-likeness (QED) is 0.164. The van der Waals surface area contributed by atoms with Crippen LogP contribution < -0.4 is 4.90 Å². The third-order valence-corrected chi connectivity index (χ3v) is 12.0. The van der Waals surface area contributed by atoms with E-state index in [4.69, 9.17) is 4.42 Å². The third kappa shape index (κ3) is 5.05. The van der Waals surface area contributed by atoms with Gasteiger partial charge in [0.05, 0.1) is 16.8 Å². The van der Waals surface area contributed by atoms with Crippen LogP contribution in [0.2, 0.25) is 0 Å². The van der Waals surface area contributed by atoms with E-state index in [2.05, 4.69) is 217 Å². The highest BCUT2D eigenvalue weighted by Crippen LogP contribution is 2.48. The number of furan rings is 1. The molecule has 0 saturated heterocycles. The zero-order valence-corrected chi connectivity index (χ0v) is 31.6. The fourth-order valence-electron chi connectivity index (χ4n) is 9.30. The number of anilines is 3. The highest BCUT2D eigenvalue weighted by molar-refractivity contribution is 6.21. The first-order valence-corrected chi connectivity index (χ1v) is 19.9. The molecule has 270 valence electrons. The summed E-state index contributed by atoms with van der Waals surface area (Å²) in [5, 5.41) is 14.4. The molecule has 58 heavy (non-hydrogen) atoms. The monoisotopic (exact) mass is 737 g/mol. The molecule has 1 heterocycles. The van der Waals surface area contributed by atoms with E-state index in [9.17, 15) is 0 Å². The van der Waals surface area contributed by atoms with Crippen LogP contribution in [0.5, 0.6) is 0 Å². The number of hydrogen-bond acceptors (Lipinski definition) is 2. The van der Waals surface area contributed by atoms with E-state index < -0.39 is 0 Å². The van der Waals surface area contributed by atoms with E-state index in [1.54, 1.807) is 0 Å². The summed E-state index contributed by atoms with van der Waals surface area (Å²) in [7, 11) is 0. The van der Waals surface area contributed by atoms with Gasteiger partial charge in [0.2, 0.25) is 0 Å². The van der Waals surface area contributed by atoms with Gasteiger partial charge in [0, 0.05) is 21.8 Å². The van der Waals surface area contributed by atoms with E-state index in [-0.39, 0.29) is 0 Å². The predicted molar refractivity (Wildman–Crippen MR) is 247 cm³/mol. The third-order valence-electron chi connectivity index (χ3n) is 12.0. The first-order valence-electron chi connectivity index (χ1n) is 19.9. The topological polar surface area (TPSA) is 16.4 Å². The largest absolute Gasteiger partial charge is 0.455 e. The van der Waals surface area contributed by atoms with E-state index >= 15 is 0 Å². The van der Waals surface area contributed by atoms with Gasteiger partial charge in [0.15, 0.2) is 0 Å². The predicted octanol–water partition coefficient (Wildman–Crippen LogP) is 16.2. The van der Waals surface area contributed by atoms with Crippen molar-refractivity contribution in [3.8, 4) is 22.3 Å². The van der Waals surface area contributed by atoms with Gasteiger partial charge in [-0.2, -0.15) is 0 Å². The molecule has 0 saturated carbocycles. The number of fused-ring (bicyclic) bond motifs is 10. The van der Waals surface area contributed by atoms with Gasteiger partial charge in [0.25, 0.3) is 0 Å². The Balaban J connectivity index is 1.10. The maximum atomic E-state index is 6.75. The zero-order valence-electron chi connectivity index (χ0n) is 31.6. The van der Waals surface area contributed by atoms with Crippen molar-refractivity contribution >= 4 is 92.9 Å². The molecule has 0 bridgehead atoms. The second-order valence-corrected chi connectivity index (χ2v) is 15.2. The van der Waals surface area contributed by atoms with Crippen LogP contribution in [0, 0.1) is 0 Å². The van der Waals surface area contributed by atoms with Crippen molar-refractivity contribution in [2.24, 2.45) is 0 Å². The number of nitrogens with zero attached hydrogens (tertiary/aromatic N) is 1. The molecule has 0 fully saturated rings. The Kier molecular flexibility index (Phi) is 7.26. The molecular formula is C56H35NO. The number of hydrogen-bond donors (Lipinski definition) is 0. The summed E-state index contributed by atoms with van der Waals surface area (Å²) >= 11 is 0. The molecule has 0 spiro atoms. The summed E-state index contributed by atoms with van der Waals surface area (Å²) in [5.41, 5.74) is 9.84. The Morgan fingerprint density at radius 1 is 0.310 bits per heavy atom. The van der Waals surface area contributed by atoms with Gasteiger partial charge >= 0.3 is 0 Å². The summed E-state index contributed by atoms with van der Waals surface area (Å²) in [4.78, 5) is 2.43. The molecule has 0 amide bonds. The molecule has 12 aromatic rings. The first kappa shape index (κ1) is 32.6. The van der Waals surface area contributed by atoms with Crippen LogP contribution in [0.1, 0.15) is 0 Å². The van der Waals surface area contributed by atoms with Gasteiger partial charge in [-0.05, 0) is 114 Å². The van der Waals surface area contributed by atoms with Crippen molar-refractivity contribution in [1.82, 2.24) is 0 Å². The Hall–Kier alpha value is -7.68. The SMILES string of the molecule is c1ccc2cc(-c3ccc(N(c4cccc5c(-c6cc7ccccc7c7ccccc67)cccc45)c4cccc5oc6c7ccccc7ccc6c45)cc3)ccc2c1. The average molecular weight is 738 g/mol. The Morgan fingerprint density at radius 3 is 1.78 bits per heavy atom. The van der Waals surface area contributed by atoms with Gasteiger partial charge < -0.3 is 9.32 Å². The number of rotatable bonds is 5. The fourth-order valence-corrected chi connectivity index (χ4v) is 9.30. The molecule has 11 aromatic carbocycles. The Labute approximate surface area is 335 Å². The van der Waals surface area contributed by atoms with Crippen molar-refractivity contribution < 1.29 is 4.42 Å². The van der Waals surface area contributed by atoms with Crippen molar-refractivity contribution in [2.75, 3.05) is 4.90 Å². The van der Waals surface area contributed by atoms with Crippen LogP contribution in [0.25, 0.3) is 98.1 Å². The molecule has 0 aliphatic heterocycles. The lowest BCUT2D eigenvalue weighted by molar-refractivity contribution is 0.672. The van der Waals surface area contributed by atoms with E-state index in [1.165, 1.54) is 70.7 Å². The maximum absolute atomic E-state index is 6.75. The van der Waals surface area contributed by atoms with Crippen LogP contribution in [-0.4, -0.2) is 0 Å². The molecule has 0 radical (unpaired) electrons. The molecule has 1 aromatic heterocycles. The van der Waals surface area contributed by atoms with Gasteiger partial charge in [-0.15, -0.1) is 0 Å². The minimum Gasteiger partial charge on any atom is -0.455 e. The zero-order chi connectivity index (χ0) is 38.2. The first-order chi connectivity index (χ1) is 28.8. The van der Waals surface area contributed by atoms with Crippen LogP contribution >= 0.6 is 0 Å². The normalized spacial score (nSPS) is 11.8. The maximum Gasteiger partial charge on any atom is 0.143 e. The molecule has 0 aliphatic rings. The molecule has 2 heteroatoms. The summed E-state index contributed by atoms with van der Waals surface area (Å²) in [6.45, 7) is 0. The highest BCUT2D eigenvalue weighted by Gasteiger charge is 2.23. The van der Waals surface area contributed by atoms with E-state index in [0.29, 0.717) is 0 Å². The molecule has 0 N–H and O–H groups in total. The van der Waals surface area contributed by atoms with Crippen LogP contribution in [0.4, 0.5) is 17.1 Å². The summed E-state index contributed by atoms with van der Waals surface area (Å²) in [5.74, 6) is 0. The summed E-state index contributed by atoms with van der Waals surface area (Å²) in [6, 6.07) is 77.1. The summed E-state index contributed by atoms with van der Waals surface area (Å²) < 4.78 is 6.75. The molecule has 0 aliphatic carbocycles. The smallest absolute Gasteiger partial charge is 0.143 e. The molecule has 2 nitrogen and oxygen atoms in total. The van der Waals surface area contributed by atoms with Crippen molar-refractivity contribution in [3.05, 3.63) is 212 Å². The van der Waals surface area contributed by atoms with Gasteiger partial charge in [-0.3, -0.25) is 0 Å². The fraction of sp³-hybridized carbons (Fsp3) is 0. The van der Waals surface area contributed by atoms with Crippen LogP contribution in [0.15, 0.2) is 217 Å². The summed E-state index contributed by atoms with van der Waals surface area (Å²) in [6.07, 6.45) is 0. The highest BCUT2D eigenvalue weighted by atomic mass is 16.3. The van der Waals surface area contributed by atoms with E-state index in [0.717, 1.165) is 44.4 Å². The van der Waals surface area contributed by atoms with E-state index in [1.807, 2.05) is 0 Å². The van der Waals surface area contributed by atoms with Gasteiger partial charge in [-0.25, -0.2) is 0 Å². The van der Waals surface area contributed by atoms with Gasteiger partial charge in [0.1, 0.15) is 11.2 Å². The van der Waals surface area contributed by atoms with Crippen LogP contribution in [-0.2, 0) is 0 Å². The Bertz CT molecular complexity index is 3580. The second kappa shape index (κ2) is 12.9. The van der Waals surface area contributed by atoms with Crippen molar-refractivity contribution in [2.45, 2.75) is 0 Å². The molecular weight excluding hydrogens is 703 g/mol. The average Bonchev–Trinajstić information content (AvgIpc) is 3.69. The number of benzene rings is 11. The molecule has 0 atom stereocenters. The second-order valence-electron chi connectivity index (χ2n) is 15.2. The molecule has 0 unspecified atom stereocenters. The minimum atomic E-state index is 0.866.